The van der Waals surface area contributed by atoms with Gasteiger partial charge in [-0.2, -0.15) is 0 Å². The van der Waals surface area contributed by atoms with Crippen LogP contribution in [-0.4, -0.2) is 36.7 Å². The van der Waals surface area contributed by atoms with Crippen LogP contribution in [0.4, 0.5) is 5.82 Å². The number of phenols is 2. The van der Waals surface area contributed by atoms with Crippen molar-refractivity contribution in [2.24, 2.45) is 0 Å². The Balaban J connectivity index is 1.56. The zero-order valence-electron chi connectivity index (χ0n) is 14.4. The van der Waals surface area contributed by atoms with Crippen molar-refractivity contribution < 1.29 is 10.2 Å². The van der Waals surface area contributed by atoms with E-state index < -0.39 is 0 Å². The Bertz CT molecular complexity index is 1090. The number of hydrogen-bond acceptors (Lipinski definition) is 7. The summed E-state index contributed by atoms with van der Waals surface area (Å²) in [6, 6.07) is 14.6. The Morgan fingerprint density at radius 1 is 0.889 bits per heavy atom. The molecule has 0 spiro atoms. The molecule has 3 N–H and O–H groups in total. The molecule has 0 aliphatic rings. The van der Waals surface area contributed by atoms with Crippen LogP contribution >= 0.6 is 0 Å². The summed E-state index contributed by atoms with van der Waals surface area (Å²) >= 11 is 0. The van der Waals surface area contributed by atoms with Gasteiger partial charge in [0.2, 0.25) is 0 Å². The van der Waals surface area contributed by atoms with E-state index in [1.165, 1.54) is 12.4 Å². The Morgan fingerprint density at radius 3 is 2.56 bits per heavy atom. The van der Waals surface area contributed by atoms with Crippen LogP contribution in [-0.2, 0) is 6.42 Å². The summed E-state index contributed by atoms with van der Waals surface area (Å²) in [5.74, 6) is 0.351. The summed E-state index contributed by atoms with van der Waals surface area (Å²) in [5, 5.41) is 22.2. The van der Waals surface area contributed by atoms with Crippen LogP contribution in [0.5, 0.6) is 11.5 Å². The van der Waals surface area contributed by atoms with E-state index in [4.69, 9.17) is 0 Å². The minimum absolute atomic E-state index is 0.127. The lowest BCUT2D eigenvalue weighted by atomic mass is 10.1. The van der Waals surface area contributed by atoms with Crippen molar-refractivity contribution in [3.8, 4) is 22.8 Å². The van der Waals surface area contributed by atoms with E-state index in [2.05, 4.69) is 25.3 Å². The molecule has 0 unspecified atom stereocenters. The van der Waals surface area contributed by atoms with Gasteiger partial charge < -0.3 is 15.5 Å². The summed E-state index contributed by atoms with van der Waals surface area (Å²) in [5.41, 5.74) is 3.75. The number of nitrogens with one attached hydrogen (secondary N) is 1. The number of phenolic OH excluding ortho intramolecular Hbond substituents is 2. The predicted molar refractivity (Wildman–Crippen MR) is 103 cm³/mol. The van der Waals surface area contributed by atoms with Gasteiger partial charge in [-0.05, 0) is 24.1 Å². The van der Waals surface area contributed by atoms with Crippen LogP contribution in [0.15, 0.2) is 61.1 Å². The third-order valence-electron chi connectivity index (χ3n) is 4.16. The first-order valence-corrected chi connectivity index (χ1v) is 8.48. The molecule has 0 atom stereocenters. The summed E-state index contributed by atoms with van der Waals surface area (Å²) in [6.45, 7) is 0.577. The second-order valence-electron chi connectivity index (χ2n) is 6.02. The zero-order valence-corrected chi connectivity index (χ0v) is 14.4. The maximum absolute atomic E-state index is 9.59. The molecule has 0 bridgehead atoms. The molecule has 0 fully saturated rings. The van der Waals surface area contributed by atoms with Gasteiger partial charge in [0.05, 0.1) is 11.9 Å². The molecule has 0 saturated carbocycles. The van der Waals surface area contributed by atoms with Crippen molar-refractivity contribution in [3.05, 3.63) is 66.6 Å². The molecule has 0 aliphatic carbocycles. The molecule has 2 heterocycles. The molecule has 2 aromatic carbocycles. The SMILES string of the molecule is Oc1ccc(CCNc2ncnc3ncc(-c4ccccc4)nc23)cc1O. The molecule has 0 saturated heterocycles. The molecule has 4 rings (SSSR count). The van der Waals surface area contributed by atoms with E-state index in [1.807, 2.05) is 30.3 Å². The average Bonchev–Trinajstić information content (AvgIpc) is 2.71. The second-order valence-corrected chi connectivity index (χ2v) is 6.02. The number of rotatable bonds is 5. The fraction of sp³-hybridized carbons (Fsp3) is 0.100. The highest BCUT2D eigenvalue weighted by molar-refractivity contribution is 5.83. The lowest BCUT2D eigenvalue weighted by molar-refractivity contribution is 0.403. The quantitative estimate of drug-likeness (QED) is 0.470. The predicted octanol–water partition coefficient (Wildman–Crippen LogP) is 3.15. The van der Waals surface area contributed by atoms with Gasteiger partial charge in [0.25, 0.3) is 0 Å². The van der Waals surface area contributed by atoms with Crippen molar-refractivity contribution in [1.29, 1.82) is 0 Å². The standard InChI is InChI=1S/C20H17N5O2/c26-16-7-6-13(10-17(16)27)8-9-21-19-18-20(24-12-23-19)22-11-15(25-18)14-4-2-1-3-5-14/h1-7,10-12,26-27H,8-9H2,(H,21,22,23,24). The van der Waals surface area contributed by atoms with Crippen molar-refractivity contribution >= 4 is 17.0 Å². The molecule has 134 valence electrons. The van der Waals surface area contributed by atoms with Crippen LogP contribution in [0.25, 0.3) is 22.4 Å². The topological polar surface area (TPSA) is 104 Å². The van der Waals surface area contributed by atoms with Gasteiger partial charge in [-0.3, -0.25) is 0 Å². The van der Waals surface area contributed by atoms with E-state index in [0.29, 0.717) is 29.9 Å². The van der Waals surface area contributed by atoms with Gasteiger partial charge in [0.1, 0.15) is 6.33 Å². The first kappa shape index (κ1) is 16.7. The Labute approximate surface area is 155 Å². The van der Waals surface area contributed by atoms with Crippen LogP contribution in [0, 0.1) is 0 Å². The number of fused-ring (bicyclic) bond motifs is 1. The second kappa shape index (κ2) is 7.25. The van der Waals surface area contributed by atoms with Gasteiger partial charge in [-0.25, -0.2) is 19.9 Å². The van der Waals surface area contributed by atoms with Crippen LogP contribution in [0.2, 0.25) is 0 Å². The van der Waals surface area contributed by atoms with Gasteiger partial charge >= 0.3 is 0 Å². The number of aromatic hydroxyl groups is 2. The van der Waals surface area contributed by atoms with E-state index in [0.717, 1.165) is 16.8 Å². The largest absolute Gasteiger partial charge is 0.504 e. The molecule has 0 aliphatic heterocycles. The third-order valence-corrected chi connectivity index (χ3v) is 4.16. The van der Waals surface area contributed by atoms with Crippen LogP contribution < -0.4 is 5.32 Å². The number of benzene rings is 2. The van der Waals surface area contributed by atoms with Crippen LogP contribution in [0.1, 0.15) is 5.56 Å². The lowest BCUT2D eigenvalue weighted by Gasteiger charge is -2.09. The van der Waals surface area contributed by atoms with Gasteiger partial charge in [0.15, 0.2) is 28.5 Å². The molecular formula is C20H17N5O2. The fourth-order valence-corrected chi connectivity index (χ4v) is 2.77. The number of aromatic nitrogens is 4. The molecular weight excluding hydrogens is 342 g/mol. The van der Waals surface area contributed by atoms with Gasteiger partial charge in [-0.1, -0.05) is 36.4 Å². The molecule has 2 aromatic heterocycles. The van der Waals surface area contributed by atoms with E-state index in [1.54, 1.807) is 18.3 Å². The minimum atomic E-state index is -0.128. The fourth-order valence-electron chi connectivity index (χ4n) is 2.77. The van der Waals surface area contributed by atoms with E-state index in [9.17, 15) is 10.2 Å². The highest BCUT2D eigenvalue weighted by atomic mass is 16.3. The maximum atomic E-state index is 9.59. The number of hydrogen-bond donors (Lipinski definition) is 3. The summed E-state index contributed by atoms with van der Waals surface area (Å²) in [7, 11) is 0. The Hall–Kier alpha value is -3.74. The molecule has 27 heavy (non-hydrogen) atoms. The van der Waals surface area contributed by atoms with Crippen molar-refractivity contribution in [2.45, 2.75) is 6.42 Å². The van der Waals surface area contributed by atoms with E-state index >= 15 is 0 Å². The number of anilines is 1. The molecule has 0 amide bonds. The maximum Gasteiger partial charge on any atom is 0.183 e. The van der Waals surface area contributed by atoms with Crippen LogP contribution in [0.3, 0.4) is 0 Å². The van der Waals surface area contributed by atoms with Gasteiger partial charge in [-0.15, -0.1) is 0 Å². The van der Waals surface area contributed by atoms with Crippen molar-refractivity contribution in [1.82, 2.24) is 19.9 Å². The average molecular weight is 359 g/mol. The smallest absolute Gasteiger partial charge is 0.183 e. The highest BCUT2D eigenvalue weighted by Crippen LogP contribution is 2.25. The molecule has 0 radical (unpaired) electrons. The van der Waals surface area contributed by atoms with E-state index in [-0.39, 0.29) is 11.5 Å². The molecule has 7 nitrogen and oxygen atoms in total. The van der Waals surface area contributed by atoms with Crippen molar-refractivity contribution in [3.63, 3.8) is 0 Å². The lowest BCUT2D eigenvalue weighted by Crippen LogP contribution is -2.08. The normalized spacial score (nSPS) is 10.8. The summed E-state index contributed by atoms with van der Waals surface area (Å²) in [4.78, 5) is 17.5. The molecule has 4 aromatic rings. The molecule has 7 heteroatoms. The summed E-state index contributed by atoms with van der Waals surface area (Å²) < 4.78 is 0. The monoisotopic (exact) mass is 359 g/mol. The third kappa shape index (κ3) is 3.62. The van der Waals surface area contributed by atoms with Gasteiger partial charge in [0, 0.05) is 12.1 Å². The number of nitrogens with zero attached hydrogens (tertiary/aromatic N) is 4. The Kier molecular flexibility index (Phi) is 4.49. The van der Waals surface area contributed by atoms with Crippen molar-refractivity contribution in [2.75, 3.05) is 11.9 Å². The minimum Gasteiger partial charge on any atom is -0.504 e. The highest BCUT2D eigenvalue weighted by Gasteiger charge is 2.09. The summed E-state index contributed by atoms with van der Waals surface area (Å²) in [6.07, 6.45) is 3.80. The first-order valence-electron chi connectivity index (χ1n) is 8.48. The Morgan fingerprint density at radius 2 is 1.74 bits per heavy atom. The first-order chi connectivity index (χ1) is 13.2. The zero-order chi connectivity index (χ0) is 18.6.